The van der Waals surface area contributed by atoms with Crippen LogP contribution in [0.3, 0.4) is 0 Å². The Bertz CT molecular complexity index is 267. The van der Waals surface area contributed by atoms with E-state index in [0.717, 1.165) is 12.3 Å². The summed E-state index contributed by atoms with van der Waals surface area (Å²) < 4.78 is 5.53. The van der Waals surface area contributed by atoms with Gasteiger partial charge in [-0.25, -0.2) is 0 Å². The predicted octanol–water partition coefficient (Wildman–Crippen LogP) is 2.76. The van der Waals surface area contributed by atoms with Crippen molar-refractivity contribution in [3.8, 4) is 0 Å². The van der Waals surface area contributed by atoms with Crippen LogP contribution in [0.25, 0.3) is 0 Å². The monoisotopic (exact) mass is 196 g/mol. The van der Waals surface area contributed by atoms with Crippen molar-refractivity contribution in [3.63, 3.8) is 0 Å². The fourth-order valence-electron chi connectivity index (χ4n) is 3.63. The molecule has 3 saturated carbocycles. The van der Waals surface area contributed by atoms with E-state index in [4.69, 9.17) is 4.74 Å². The zero-order valence-electron chi connectivity index (χ0n) is 9.59. The molecule has 0 aromatic carbocycles. The number of carbonyl (C=O) groups excluding carboxylic acids is 1. The fraction of sp³-hybridized carbons (Fsp3) is 0.917. The molecule has 2 bridgehead atoms. The van der Waals surface area contributed by atoms with Crippen LogP contribution >= 0.6 is 0 Å². The van der Waals surface area contributed by atoms with E-state index in [2.05, 4.69) is 20.8 Å². The third-order valence-electron chi connectivity index (χ3n) is 4.57. The molecule has 0 N–H and O–H groups in total. The zero-order chi connectivity index (χ0) is 10.6. The van der Waals surface area contributed by atoms with E-state index in [0.29, 0.717) is 11.3 Å². The van der Waals surface area contributed by atoms with E-state index < -0.39 is 0 Å². The molecule has 3 unspecified atom stereocenters. The maximum absolute atomic E-state index is 11.1. The molecule has 0 amide bonds. The molecule has 2 heteroatoms. The zero-order valence-corrected chi connectivity index (χ0v) is 9.59. The first-order chi connectivity index (χ1) is 6.36. The summed E-state index contributed by atoms with van der Waals surface area (Å²) in [6.45, 7) is 8.25. The van der Waals surface area contributed by atoms with Gasteiger partial charge in [0.15, 0.2) is 0 Å². The Morgan fingerprint density at radius 2 is 2.00 bits per heavy atom. The second kappa shape index (κ2) is 2.74. The van der Waals surface area contributed by atoms with Crippen LogP contribution in [0.4, 0.5) is 0 Å². The summed E-state index contributed by atoms with van der Waals surface area (Å²) >= 11 is 0. The van der Waals surface area contributed by atoms with Crippen molar-refractivity contribution in [1.29, 1.82) is 0 Å². The van der Waals surface area contributed by atoms with E-state index in [9.17, 15) is 4.79 Å². The third kappa shape index (κ3) is 1.19. The minimum atomic E-state index is -0.190. The van der Waals surface area contributed by atoms with Gasteiger partial charge in [0.1, 0.15) is 5.60 Å². The maximum Gasteiger partial charge on any atom is 0.303 e. The van der Waals surface area contributed by atoms with Gasteiger partial charge >= 0.3 is 5.97 Å². The van der Waals surface area contributed by atoms with Crippen molar-refractivity contribution >= 4 is 5.97 Å². The molecule has 3 aliphatic rings. The smallest absolute Gasteiger partial charge is 0.303 e. The summed E-state index contributed by atoms with van der Waals surface area (Å²) in [5.74, 6) is 1.29. The summed E-state index contributed by atoms with van der Waals surface area (Å²) in [7, 11) is 0. The molecule has 3 atom stereocenters. The first-order valence-electron chi connectivity index (χ1n) is 5.56. The highest BCUT2D eigenvalue weighted by Crippen LogP contribution is 2.63. The van der Waals surface area contributed by atoms with E-state index in [1.54, 1.807) is 0 Å². The van der Waals surface area contributed by atoms with E-state index >= 15 is 0 Å². The second-order valence-corrected chi connectivity index (χ2v) is 5.75. The van der Waals surface area contributed by atoms with Crippen molar-refractivity contribution in [3.05, 3.63) is 0 Å². The molecule has 80 valence electrons. The third-order valence-corrected chi connectivity index (χ3v) is 4.57. The molecule has 0 heterocycles. The van der Waals surface area contributed by atoms with Crippen molar-refractivity contribution in [2.45, 2.75) is 52.6 Å². The van der Waals surface area contributed by atoms with Crippen molar-refractivity contribution < 1.29 is 9.53 Å². The number of rotatable bonds is 1. The molecule has 2 nitrogen and oxygen atoms in total. The van der Waals surface area contributed by atoms with Gasteiger partial charge in [-0.2, -0.15) is 0 Å². The van der Waals surface area contributed by atoms with Crippen LogP contribution < -0.4 is 0 Å². The molecule has 0 aromatic heterocycles. The van der Waals surface area contributed by atoms with Crippen LogP contribution in [-0.4, -0.2) is 11.6 Å². The Kier molecular flexibility index (Phi) is 1.96. The lowest BCUT2D eigenvalue weighted by Crippen LogP contribution is -2.61. The van der Waals surface area contributed by atoms with Crippen molar-refractivity contribution in [2.24, 2.45) is 17.3 Å². The number of fused-ring (bicyclic) bond motifs is 2. The average molecular weight is 196 g/mol. The summed E-state index contributed by atoms with van der Waals surface area (Å²) in [6, 6.07) is 0. The summed E-state index contributed by atoms with van der Waals surface area (Å²) in [5.41, 5.74) is 0.187. The van der Waals surface area contributed by atoms with Crippen LogP contribution in [0.5, 0.6) is 0 Å². The molecular formula is C12H20O2. The lowest BCUT2D eigenvalue weighted by molar-refractivity contribution is -0.216. The highest BCUT2D eigenvalue weighted by atomic mass is 16.6. The Hall–Kier alpha value is -0.530. The highest BCUT2D eigenvalue weighted by Gasteiger charge is 2.60. The number of carbonyl (C=O) groups is 1. The quantitative estimate of drug-likeness (QED) is 0.603. The molecule has 14 heavy (non-hydrogen) atoms. The lowest BCUT2D eigenvalue weighted by Gasteiger charge is -2.63. The molecular weight excluding hydrogens is 176 g/mol. The van der Waals surface area contributed by atoms with Gasteiger partial charge in [-0.05, 0) is 37.5 Å². The van der Waals surface area contributed by atoms with Gasteiger partial charge in [0, 0.05) is 12.8 Å². The Labute approximate surface area is 86.0 Å². The largest absolute Gasteiger partial charge is 0.459 e. The number of hydrogen-bond acceptors (Lipinski definition) is 2. The topological polar surface area (TPSA) is 26.3 Å². The molecule has 0 radical (unpaired) electrons. The summed E-state index contributed by atoms with van der Waals surface area (Å²) in [5, 5.41) is 0. The van der Waals surface area contributed by atoms with Gasteiger partial charge in [-0.15, -0.1) is 0 Å². The number of ether oxygens (including phenoxy) is 1. The average Bonchev–Trinajstić information content (AvgIpc) is 2.00. The maximum atomic E-state index is 11.1. The lowest BCUT2D eigenvalue weighted by atomic mass is 9.44. The van der Waals surface area contributed by atoms with Gasteiger partial charge in [-0.3, -0.25) is 4.79 Å². The van der Waals surface area contributed by atoms with E-state index in [1.165, 1.54) is 19.8 Å². The fourth-order valence-corrected chi connectivity index (χ4v) is 3.63. The number of esters is 1. The van der Waals surface area contributed by atoms with E-state index in [1.807, 2.05) is 0 Å². The molecule has 0 spiro atoms. The van der Waals surface area contributed by atoms with Crippen LogP contribution in [-0.2, 0) is 9.53 Å². The van der Waals surface area contributed by atoms with Crippen molar-refractivity contribution in [2.75, 3.05) is 0 Å². The minimum Gasteiger partial charge on any atom is -0.459 e. The van der Waals surface area contributed by atoms with Crippen LogP contribution in [0.2, 0.25) is 0 Å². The summed E-state index contributed by atoms with van der Waals surface area (Å²) in [4.78, 5) is 11.1. The summed E-state index contributed by atoms with van der Waals surface area (Å²) in [6.07, 6.45) is 3.51. The van der Waals surface area contributed by atoms with Gasteiger partial charge in [0.25, 0.3) is 0 Å². The number of hydrogen-bond donors (Lipinski definition) is 0. The molecule has 0 aromatic rings. The normalized spacial score (nSPS) is 44.0. The Morgan fingerprint density at radius 1 is 1.36 bits per heavy atom. The van der Waals surface area contributed by atoms with Gasteiger partial charge in [0.05, 0.1) is 0 Å². The first-order valence-corrected chi connectivity index (χ1v) is 5.56. The molecule has 3 aliphatic carbocycles. The second-order valence-electron chi connectivity index (χ2n) is 5.75. The molecule has 3 rings (SSSR count). The first kappa shape index (κ1) is 10.0. The minimum absolute atomic E-state index is 0.131. The van der Waals surface area contributed by atoms with Crippen molar-refractivity contribution in [1.82, 2.24) is 0 Å². The Balaban J connectivity index is 2.17. The molecule has 0 saturated heterocycles. The van der Waals surface area contributed by atoms with Gasteiger partial charge < -0.3 is 4.74 Å². The highest BCUT2D eigenvalue weighted by molar-refractivity contribution is 5.66. The van der Waals surface area contributed by atoms with E-state index in [-0.39, 0.29) is 11.6 Å². The predicted molar refractivity (Wildman–Crippen MR) is 54.8 cm³/mol. The van der Waals surface area contributed by atoms with Crippen LogP contribution in [0, 0.1) is 17.3 Å². The van der Waals surface area contributed by atoms with Crippen LogP contribution in [0.1, 0.15) is 47.0 Å². The standard InChI is InChI=1S/C12H20O2/c1-8(13)14-12(4)6-5-9-7-10(12)11(9,2)3/h9-10H,5-7H2,1-4H3. The SMILES string of the molecule is CC(=O)OC1(C)CCC2CC1C2(C)C. The Morgan fingerprint density at radius 3 is 2.43 bits per heavy atom. The van der Waals surface area contributed by atoms with Gasteiger partial charge in [-0.1, -0.05) is 13.8 Å². The molecule has 0 aliphatic heterocycles. The van der Waals surface area contributed by atoms with Gasteiger partial charge in [0.2, 0.25) is 0 Å². The molecule has 3 fully saturated rings. The van der Waals surface area contributed by atoms with Crippen LogP contribution in [0.15, 0.2) is 0 Å².